The van der Waals surface area contributed by atoms with E-state index < -0.39 is 0 Å². The number of piperidine rings is 1. The van der Waals surface area contributed by atoms with Crippen molar-refractivity contribution in [2.45, 2.75) is 25.3 Å². The molecule has 0 aromatic carbocycles. The molecule has 1 atom stereocenters. The summed E-state index contributed by atoms with van der Waals surface area (Å²) in [5.41, 5.74) is 5.48. The predicted molar refractivity (Wildman–Crippen MR) is 65.2 cm³/mol. The Balaban J connectivity index is 1.84. The Morgan fingerprint density at radius 1 is 1.44 bits per heavy atom. The molecule has 1 fully saturated rings. The van der Waals surface area contributed by atoms with Crippen LogP contribution in [-0.4, -0.2) is 41.3 Å². The average molecular weight is 221 g/mol. The van der Waals surface area contributed by atoms with Gasteiger partial charge in [0.15, 0.2) is 0 Å². The van der Waals surface area contributed by atoms with Gasteiger partial charge in [-0.05, 0) is 38.6 Å². The summed E-state index contributed by atoms with van der Waals surface area (Å²) in [6, 6.07) is 4.23. The lowest BCUT2D eigenvalue weighted by Gasteiger charge is -2.32. The lowest BCUT2D eigenvalue weighted by Crippen LogP contribution is -2.40. The molecule has 0 saturated carbocycles. The highest BCUT2D eigenvalue weighted by atomic mass is 15.2. The first kappa shape index (κ1) is 11.1. The number of nitrogens with zero attached hydrogens (tertiary/aromatic N) is 3. The van der Waals surface area contributed by atoms with E-state index in [9.17, 15) is 0 Å². The second-order valence-electron chi connectivity index (χ2n) is 4.35. The summed E-state index contributed by atoms with van der Waals surface area (Å²) in [6.45, 7) is 2.12. The topological polar surface area (TPSA) is 67.1 Å². The highest BCUT2D eigenvalue weighted by molar-refractivity contribution is 5.38. The molecule has 0 aliphatic carbocycles. The fraction of sp³-hybridized carbons (Fsp3) is 0.636. The third-order valence-corrected chi connectivity index (χ3v) is 3.13. The van der Waals surface area contributed by atoms with Crippen molar-refractivity contribution >= 4 is 11.6 Å². The van der Waals surface area contributed by atoms with E-state index in [4.69, 9.17) is 5.73 Å². The molecule has 2 heterocycles. The van der Waals surface area contributed by atoms with Crippen molar-refractivity contribution in [2.75, 3.05) is 31.2 Å². The van der Waals surface area contributed by atoms with Crippen LogP contribution in [0.5, 0.6) is 0 Å². The minimum atomic E-state index is 0.459. The van der Waals surface area contributed by atoms with Crippen LogP contribution in [0.4, 0.5) is 11.6 Å². The number of nitrogens with two attached hydrogens (primary N) is 1. The molecular formula is C11H19N5. The molecule has 16 heavy (non-hydrogen) atoms. The van der Waals surface area contributed by atoms with Gasteiger partial charge in [0.2, 0.25) is 0 Å². The predicted octanol–water partition coefficient (Wildman–Crippen LogP) is 0.955. The number of likely N-dealkylation sites (N-methyl/N-ethyl adjacent to an activating group) is 1. The Kier molecular flexibility index (Phi) is 3.56. The second kappa shape index (κ2) is 5.12. The summed E-state index contributed by atoms with van der Waals surface area (Å²) in [4.78, 5) is 2.40. The van der Waals surface area contributed by atoms with Gasteiger partial charge in [-0.1, -0.05) is 6.42 Å². The Hall–Kier alpha value is -1.36. The third kappa shape index (κ3) is 2.82. The summed E-state index contributed by atoms with van der Waals surface area (Å²) in [5.74, 6) is 1.26. The van der Waals surface area contributed by atoms with Gasteiger partial charge in [-0.25, -0.2) is 0 Å². The zero-order valence-electron chi connectivity index (χ0n) is 9.69. The number of nitrogen functional groups attached to an aromatic ring is 1. The van der Waals surface area contributed by atoms with Crippen LogP contribution in [0.3, 0.4) is 0 Å². The average Bonchev–Trinajstić information content (AvgIpc) is 2.30. The Labute approximate surface area is 96.0 Å². The van der Waals surface area contributed by atoms with Gasteiger partial charge in [0.05, 0.1) is 0 Å². The molecule has 2 rings (SSSR count). The van der Waals surface area contributed by atoms with Crippen molar-refractivity contribution in [2.24, 2.45) is 0 Å². The molecule has 1 aromatic rings. The standard InChI is InChI=1S/C11H19N5/c1-16-7-3-2-4-9(16)8-13-11-6-5-10(12)14-15-11/h5-6,9H,2-4,7-8H2,1H3,(H2,12,14)(H,13,15). The van der Waals surface area contributed by atoms with E-state index in [2.05, 4.69) is 27.5 Å². The molecular weight excluding hydrogens is 202 g/mol. The van der Waals surface area contributed by atoms with E-state index >= 15 is 0 Å². The molecule has 1 unspecified atom stereocenters. The van der Waals surface area contributed by atoms with Crippen molar-refractivity contribution in [1.82, 2.24) is 15.1 Å². The Morgan fingerprint density at radius 2 is 2.31 bits per heavy atom. The van der Waals surface area contributed by atoms with Crippen LogP contribution in [-0.2, 0) is 0 Å². The van der Waals surface area contributed by atoms with Crippen LogP contribution in [0.15, 0.2) is 12.1 Å². The van der Waals surface area contributed by atoms with Crippen molar-refractivity contribution < 1.29 is 0 Å². The van der Waals surface area contributed by atoms with Crippen LogP contribution >= 0.6 is 0 Å². The zero-order chi connectivity index (χ0) is 11.4. The Bertz CT molecular complexity index is 324. The molecule has 0 bridgehead atoms. The number of likely N-dealkylation sites (tertiary alicyclic amines) is 1. The molecule has 1 aliphatic heterocycles. The smallest absolute Gasteiger partial charge is 0.148 e. The number of nitrogens with one attached hydrogen (secondary N) is 1. The fourth-order valence-electron chi connectivity index (χ4n) is 2.06. The van der Waals surface area contributed by atoms with Crippen LogP contribution < -0.4 is 11.1 Å². The van der Waals surface area contributed by atoms with Crippen LogP contribution in [0, 0.1) is 0 Å². The van der Waals surface area contributed by atoms with Crippen molar-refractivity contribution in [1.29, 1.82) is 0 Å². The van der Waals surface area contributed by atoms with E-state index in [0.29, 0.717) is 11.9 Å². The molecule has 0 radical (unpaired) electrons. The SMILES string of the molecule is CN1CCCCC1CNc1ccc(N)nn1. The lowest BCUT2D eigenvalue weighted by molar-refractivity contribution is 0.194. The number of hydrogen-bond donors (Lipinski definition) is 2. The summed E-state index contributed by atoms with van der Waals surface area (Å²) >= 11 is 0. The van der Waals surface area contributed by atoms with Crippen LogP contribution in [0.2, 0.25) is 0 Å². The molecule has 5 heteroatoms. The second-order valence-corrected chi connectivity index (χ2v) is 4.35. The van der Waals surface area contributed by atoms with Gasteiger partial charge in [-0.2, -0.15) is 0 Å². The van der Waals surface area contributed by atoms with Crippen LogP contribution in [0.1, 0.15) is 19.3 Å². The molecule has 1 saturated heterocycles. The third-order valence-electron chi connectivity index (χ3n) is 3.13. The normalized spacial score (nSPS) is 21.9. The summed E-state index contributed by atoms with van der Waals surface area (Å²) < 4.78 is 0. The number of anilines is 2. The number of hydrogen-bond acceptors (Lipinski definition) is 5. The number of rotatable bonds is 3. The maximum absolute atomic E-state index is 5.48. The van der Waals surface area contributed by atoms with Gasteiger partial charge < -0.3 is 16.0 Å². The largest absolute Gasteiger partial charge is 0.382 e. The van der Waals surface area contributed by atoms with E-state index in [1.54, 1.807) is 6.07 Å². The van der Waals surface area contributed by atoms with E-state index in [0.717, 1.165) is 12.4 Å². The van der Waals surface area contributed by atoms with Gasteiger partial charge in [0.1, 0.15) is 11.6 Å². The maximum atomic E-state index is 5.48. The summed E-state index contributed by atoms with van der Waals surface area (Å²) in [5, 5.41) is 11.1. The minimum Gasteiger partial charge on any atom is -0.382 e. The first-order valence-corrected chi connectivity index (χ1v) is 5.79. The Morgan fingerprint density at radius 3 is 3.00 bits per heavy atom. The van der Waals surface area contributed by atoms with Gasteiger partial charge in [-0.3, -0.25) is 0 Å². The zero-order valence-corrected chi connectivity index (χ0v) is 9.69. The first-order chi connectivity index (χ1) is 7.75. The fourth-order valence-corrected chi connectivity index (χ4v) is 2.06. The van der Waals surface area contributed by atoms with Gasteiger partial charge >= 0.3 is 0 Å². The highest BCUT2D eigenvalue weighted by Gasteiger charge is 2.18. The van der Waals surface area contributed by atoms with Crippen LogP contribution in [0.25, 0.3) is 0 Å². The molecule has 5 nitrogen and oxygen atoms in total. The van der Waals surface area contributed by atoms with Crippen molar-refractivity contribution in [3.63, 3.8) is 0 Å². The molecule has 3 N–H and O–H groups in total. The highest BCUT2D eigenvalue weighted by Crippen LogP contribution is 2.15. The molecule has 1 aromatic heterocycles. The quantitative estimate of drug-likeness (QED) is 0.795. The lowest BCUT2D eigenvalue weighted by atomic mass is 10.0. The maximum Gasteiger partial charge on any atom is 0.148 e. The van der Waals surface area contributed by atoms with E-state index in [1.165, 1.54) is 25.8 Å². The monoisotopic (exact) mass is 221 g/mol. The van der Waals surface area contributed by atoms with Gasteiger partial charge in [0.25, 0.3) is 0 Å². The molecule has 0 spiro atoms. The number of aromatic nitrogens is 2. The molecule has 88 valence electrons. The summed E-state index contributed by atoms with van der Waals surface area (Å²) in [7, 11) is 2.18. The van der Waals surface area contributed by atoms with E-state index in [-0.39, 0.29) is 0 Å². The van der Waals surface area contributed by atoms with E-state index in [1.807, 2.05) is 6.07 Å². The van der Waals surface area contributed by atoms with Gasteiger partial charge in [0, 0.05) is 12.6 Å². The first-order valence-electron chi connectivity index (χ1n) is 5.79. The van der Waals surface area contributed by atoms with Gasteiger partial charge in [-0.15, -0.1) is 10.2 Å². The van der Waals surface area contributed by atoms with Crippen molar-refractivity contribution in [3.05, 3.63) is 12.1 Å². The summed E-state index contributed by atoms with van der Waals surface area (Å²) in [6.07, 6.45) is 3.89. The van der Waals surface area contributed by atoms with Crippen molar-refractivity contribution in [3.8, 4) is 0 Å². The minimum absolute atomic E-state index is 0.459. The molecule has 0 amide bonds. The molecule has 1 aliphatic rings.